The average Bonchev–Trinajstić information content (AvgIpc) is 2.86. The fraction of sp³-hybridized carbons (Fsp3) is 0.850. The smallest absolute Gasteiger partial charge is 0.226 e. The fourth-order valence-corrected chi connectivity index (χ4v) is 7.06. The highest BCUT2D eigenvalue weighted by Gasteiger charge is 2.62. The highest BCUT2D eigenvalue weighted by Crippen LogP contribution is 2.64. The van der Waals surface area contributed by atoms with Gasteiger partial charge in [-0.2, -0.15) is 0 Å². The van der Waals surface area contributed by atoms with Gasteiger partial charge in [-0.3, -0.25) is 4.79 Å². The molecule has 3 aliphatic carbocycles. The van der Waals surface area contributed by atoms with Crippen LogP contribution in [0.2, 0.25) is 0 Å². The molecule has 1 saturated heterocycles. The van der Waals surface area contributed by atoms with Gasteiger partial charge < -0.3 is 14.7 Å². The maximum Gasteiger partial charge on any atom is 0.226 e. The minimum atomic E-state index is -0.303. The number of hydrogen-bond acceptors (Lipinski definition) is 3. The zero-order valence-electron chi connectivity index (χ0n) is 15.4. The van der Waals surface area contributed by atoms with Gasteiger partial charge in [-0.15, -0.1) is 0 Å². The van der Waals surface area contributed by atoms with Crippen LogP contribution in [-0.2, 0) is 9.53 Å². The molecule has 1 amide bonds. The highest BCUT2D eigenvalue weighted by atomic mass is 16.5. The number of likely N-dealkylation sites (tertiary alicyclic amines) is 1. The van der Waals surface area contributed by atoms with Crippen LogP contribution in [-0.4, -0.2) is 42.3 Å². The van der Waals surface area contributed by atoms with E-state index in [-0.39, 0.29) is 34.9 Å². The summed E-state index contributed by atoms with van der Waals surface area (Å²) in [5, 5.41) is 11.2. The molecule has 3 fully saturated rings. The quantitative estimate of drug-likeness (QED) is 0.802. The van der Waals surface area contributed by atoms with Crippen LogP contribution < -0.4 is 0 Å². The lowest BCUT2D eigenvalue weighted by molar-refractivity contribution is -0.153. The number of aliphatic hydroxyl groups excluding tert-OH is 1. The van der Waals surface area contributed by atoms with Crippen molar-refractivity contribution < 1.29 is 14.6 Å². The van der Waals surface area contributed by atoms with E-state index in [2.05, 4.69) is 19.9 Å². The van der Waals surface area contributed by atoms with E-state index in [0.717, 1.165) is 31.4 Å². The number of amides is 1. The summed E-state index contributed by atoms with van der Waals surface area (Å²) in [6.07, 6.45) is 7.88. The molecule has 0 spiro atoms. The third-order valence-corrected chi connectivity index (χ3v) is 8.15. The second kappa shape index (κ2) is 5.31. The number of carbonyl (C=O) groups excluding carboxylic acids is 1. The minimum absolute atomic E-state index is 0.0719. The Morgan fingerprint density at radius 2 is 2.08 bits per heavy atom. The van der Waals surface area contributed by atoms with E-state index in [1.165, 1.54) is 6.42 Å². The Labute approximate surface area is 145 Å². The van der Waals surface area contributed by atoms with E-state index in [1.807, 2.05) is 19.1 Å². The third-order valence-electron chi connectivity index (χ3n) is 8.15. The first kappa shape index (κ1) is 16.6. The normalized spacial score (nSPS) is 50.9. The largest absolute Gasteiger partial charge is 0.393 e. The predicted octanol–water partition coefficient (Wildman–Crippen LogP) is 2.96. The molecule has 1 aliphatic heterocycles. The predicted molar refractivity (Wildman–Crippen MR) is 92.0 cm³/mol. The van der Waals surface area contributed by atoms with Crippen molar-refractivity contribution in [2.24, 2.45) is 28.6 Å². The van der Waals surface area contributed by atoms with Gasteiger partial charge in [0.05, 0.1) is 12.2 Å². The van der Waals surface area contributed by atoms with Crippen molar-refractivity contribution in [2.45, 2.75) is 64.6 Å². The van der Waals surface area contributed by atoms with Gasteiger partial charge in [-0.1, -0.05) is 19.9 Å². The molecule has 4 nitrogen and oxygen atoms in total. The van der Waals surface area contributed by atoms with Crippen LogP contribution in [0.15, 0.2) is 11.8 Å². The van der Waals surface area contributed by atoms with E-state index < -0.39 is 0 Å². The van der Waals surface area contributed by atoms with Crippen molar-refractivity contribution in [1.29, 1.82) is 0 Å². The summed E-state index contributed by atoms with van der Waals surface area (Å²) in [5.74, 6) is 1.61. The molecule has 134 valence electrons. The Morgan fingerprint density at radius 3 is 2.79 bits per heavy atom. The van der Waals surface area contributed by atoms with Gasteiger partial charge in [-0.25, -0.2) is 0 Å². The lowest BCUT2D eigenvalue weighted by Gasteiger charge is -2.59. The summed E-state index contributed by atoms with van der Waals surface area (Å²) >= 11 is 0. The fourth-order valence-electron chi connectivity index (χ4n) is 7.06. The van der Waals surface area contributed by atoms with Crippen LogP contribution in [0.25, 0.3) is 0 Å². The van der Waals surface area contributed by atoms with E-state index >= 15 is 0 Å². The molecule has 7 atom stereocenters. The standard InChI is InChI=1S/C20H31NO3/c1-19-10-9-17(23)21(3)15(19)7-5-12-13-6-8-16(24-4)20(13,2)11-14(22)18(12)19/h7,12-14,16,18,22H,5-6,8-11H2,1-4H3/t12?,13?,14-,16?,18?,19-,20-/m0/s1. The number of fused-ring (bicyclic) bond motifs is 5. The summed E-state index contributed by atoms with van der Waals surface area (Å²) in [4.78, 5) is 14.0. The number of ether oxygens (including phenoxy) is 1. The second-order valence-electron chi connectivity index (χ2n) is 9.07. The van der Waals surface area contributed by atoms with Crippen molar-refractivity contribution in [1.82, 2.24) is 4.90 Å². The number of rotatable bonds is 1. The third kappa shape index (κ3) is 1.96. The Bertz CT molecular complexity index is 587. The van der Waals surface area contributed by atoms with E-state index in [1.54, 1.807) is 0 Å². The zero-order valence-corrected chi connectivity index (χ0v) is 15.4. The molecule has 0 radical (unpaired) electrons. The first-order chi connectivity index (χ1) is 11.3. The van der Waals surface area contributed by atoms with E-state index in [4.69, 9.17) is 4.74 Å². The van der Waals surface area contributed by atoms with Crippen LogP contribution >= 0.6 is 0 Å². The highest BCUT2D eigenvalue weighted by molar-refractivity contribution is 5.79. The van der Waals surface area contributed by atoms with Crippen LogP contribution in [0.1, 0.15) is 52.4 Å². The van der Waals surface area contributed by atoms with Crippen molar-refractivity contribution in [3.63, 3.8) is 0 Å². The number of allylic oxidation sites excluding steroid dienone is 2. The van der Waals surface area contributed by atoms with Crippen molar-refractivity contribution in [3.8, 4) is 0 Å². The molecule has 4 rings (SSSR count). The molecule has 1 N–H and O–H groups in total. The zero-order chi connectivity index (χ0) is 17.3. The lowest BCUT2D eigenvalue weighted by atomic mass is 9.48. The maximum absolute atomic E-state index is 12.2. The Kier molecular flexibility index (Phi) is 3.67. The topological polar surface area (TPSA) is 49.8 Å². The molecule has 24 heavy (non-hydrogen) atoms. The number of hydrogen-bond donors (Lipinski definition) is 1. The molecule has 1 heterocycles. The number of nitrogens with zero attached hydrogens (tertiary/aromatic N) is 1. The number of carbonyl (C=O) groups is 1. The summed E-state index contributed by atoms with van der Waals surface area (Å²) in [7, 11) is 3.72. The van der Waals surface area contributed by atoms with Crippen LogP contribution in [0.5, 0.6) is 0 Å². The summed E-state index contributed by atoms with van der Waals surface area (Å²) in [6, 6.07) is 0. The molecule has 0 bridgehead atoms. The van der Waals surface area contributed by atoms with Crippen LogP contribution in [0, 0.1) is 28.6 Å². The molecule has 4 heteroatoms. The van der Waals surface area contributed by atoms with E-state index in [0.29, 0.717) is 18.3 Å². The summed E-state index contributed by atoms with van der Waals surface area (Å²) < 4.78 is 5.80. The minimum Gasteiger partial charge on any atom is -0.393 e. The molecular formula is C20H31NO3. The molecule has 4 aliphatic rings. The van der Waals surface area contributed by atoms with Gasteiger partial charge in [0.25, 0.3) is 0 Å². The van der Waals surface area contributed by atoms with Gasteiger partial charge in [0.15, 0.2) is 0 Å². The maximum atomic E-state index is 12.2. The van der Waals surface area contributed by atoms with Crippen molar-refractivity contribution >= 4 is 5.91 Å². The van der Waals surface area contributed by atoms with Crippen LogP contribution in [0.4, 0.5) is 0 Å². The van der Waals surface area contributed by atoms with Gasteiger partial charge in [0, 0.05) is 31.7 Å². The molecule has 0 aromatic heterocycles. The van der Waals surface area contributed by atoms with Gasteiger partial charge >= 0.3 is 0 Å². The molecule has 0 aromatic carbocycles. The number of aliphatic hydroxyl groups is 1. The molecule has 2 saturated carbocycles. The second-order valence-corrected chi connectivity index (χ2v) is 9.07. The van der Waals surface area contributed by atoms with E-state index in [9.17, 15) is 9.90 Å². The SMILES string of the molecule is COC1CCC2C3CC=C4N(C)C(=O)CC[C@]4(C)C3[C@@H](O)C[C@]12C. The van der Waals surface area contributed by atoms with Crippen LogP contribution in [0.3, 0.4) is 0 Å². The van der Waals surface area contributed by atoms with Gasteiger partial charge in [-0.05, 0) is 55.3 Å². The number of piperidine rings is 1. The molecule has 0 aromatic rings. The first-order valence-corrected chi connectivity index (χ1v) is 9.51. The van der Waals surface area contributed by atoms with Gasteiger partial charge in [0.2, 0.25) is 5.91 Å². The van der Waals surface area contributed by atoms with Crippen molar-refractivity contribution in [2.75, 3.05) is 14.2 Å². The summed E-state index contributed by atoms with van der Waals surface area (Å²) in [6.45, 7) is 4.61. The Morgan fingerprint density at radius 1 is 1.33 bits per heavy atom. The first-order valence-electron chi connectivity index (χ1n) is 9.51. The van der Waals surface area contributed by atoms with Gasteiger partial charge in [0.1, 0.15) is 0 Å². The average molecular weight is 333 g/mol. The molecule has 4 unspecified atom stereocenters. The van der Waals surface area contributed by atoms with Crippen molar-refractivity contribution in [3.05, 3.63) is 11.8 Å². The molecular weight excluding hydrogens is 302 g/mol. The Balaban J connectivity index is 1.74. The summed E-state index contributed by atoms with van der Waals surface area (Å²) in [5.41, 5.74) is 1.18. The monoisotopic (exact) mass is 333 g/mol. The number of methoxy groups -OCH3 is 1. The Hall–Kier alpha value is -0.870. The lowest BCUT2D eigenvalue weighted by Crippen LogP contribution is -2.59.